The molecule has 0 fully saturated rings. The Balaban J connectivity index is 2.47. The average molecular weight is 296 g/mol. The van der Waals surface area contributed by atoms with Crippen molar-refractivity contribution in [2.45, 2.75) is 0 Å². The molecule has 0 heterocycles. The van der Waals surface area contributed by atoms with E-state index in [2.05, 4.69) is 23.8 Å². The molecule has 0 spiro atoms. The van der Waals surface area contributed by atoms with Crippen molar-refractivity contribution < 1.29 is 9.59 Å². The summed E-state index contributed by atoms with van der Waals surface area (Å²) in [5.74, 6) is -0.949. The third-order valence-corrected chi connectivity index (χ3v) is 3.00. The minimum absolute atomic E-state index is 0.0825. The Hall–Kier alpha value is -3.28. The molecule has 0 atom stereocenters. The van der Waals surface area contributed by atoms with Gasteiger partial charge in [-0.05, 0) is 12.1 Å². The molecule has 6 N–H and O–H groups in total. The van der Waals surface area contributed by atoms with Gasteiger partial charge in [0.25, 0.3) is 11.8 Å². The van der Waals surface area contributed by atoms with Gasteiger partial charge >= 0.3 is 0 Å². The largest absolute Gasteiger partial charge is 0.395 e. The molecular formula is C16H16N4O2. The molecule has 0 unspecified atom stereocenters. The second-order valence-corrected chi connectivity index (χ2v) is 4.66. The van der Waals surface area contributed by atoms with E-state index in [1.165, 1.54) is 0 Å². The zero-order valence-corrected chi connectivity index (χ0v) is 11.8. The summed E-state index contributed by atoms with van der Waals surface area (Å²) in [6.45, 7) is 6.79. The van der Waals surface area contributed by atoms with Crippen LogP contribution < -0.4 is 22.1 Å². The normalized spacial score (nSPS) is 10.0. The van der Waals surface area contributed by atoms with E-state index in [0.717, 1.165) is 10.8 Å². The Morgan fingerprint density at radius 1 is 0.773 bits per heavy atom. The zero-order valence-electron chi connectivity index (χ0n) is 11.8. The molecule has 6 heteroatoms. The van der Waals surface area contributed by atoms with Crippen molar-refractivity contribution in [2.24, 2.45) is 11.5 Å². The first-order valence-corrected chi connectivity index (χ1v) is 6.43. The molecule has 0 radical (unpaired) electrons. The lowest BCUT2D eigenvalue weighted by Gasteiger charge is -2.13. The maximum absolute atomic E-state index is 11.7. The molecule has 0 saturated heterocycles. The number of carbonyl (C=O) groups is 2. The number of hydrogen-bond acceptors (Lipinski definition) is 4. The summed E-state index contributed by atoms with van der Waals surface area (Å²) in [5.41, 5.74) is 11.7. The number of carbonyl (C=O) groups excluding carboxylic acids is 2. The monoisotopic (exact) mass is 296 g/mol. The minimum Gasteiger partial charge on any atom is -0.395 e. The average Bonchev–Trinajstić information content (AvgIpc) is 2.49. The Morgan fingerprint density at radius 3 is 1.45 bits per heavy atom. The molecule has 22 heavy (non-hydrogen) atoms. The molecule has 0 aromatic heterocycles. The van der Waals surface area contributed by atoms with E-state index >= 15 is 0 Å². The van der Waals surface area contributed by atoms with Crippen LogP contribution in [0.1, 0.15) is 0 Å². The number of rotatable bonds is 4. The highest BCUT2D eigenvalue weighted by atomic mass is 16.2. The summed E-state index contributed by atoms with van der Waals surface area (Å²) in [6, 6.07) is 10.6. The summed E-state index contributed by atoms with van der Waals surface area (Å²) in [4.78, 5) is 23.3. The Bertz CT molecular complexity index is 729. The van der Waals surface area contributed by atoms with Gasteiger partial charge in [-0.3, -0.25) is 9.59 Å². The van der Waals surface area contributed by atoms with Gasteiger partial charge in [0.15, 0.2) is 0 Å². The van der Waals surface area contributed by atoms with E-state index in [1.807, 2.05) is 24.3 Å². The maximum atomic E-state index is 11.7. The van der Waals surface area contributed by atoms with Gasteiger partial charge in [-0.15, -0.1) is 0 Å². The lowest BCUT2D eigenvalue weighted by molar-refractivity contribution is -0.113. The van der Waals surface area contributed by atoms with Crippen LogP contribution in [0.25, 0.3) is 10.8 Å². The van der Waals surface area contributed by atoms with Crippen LogP contribution in [0.3, 0.4) is 0 Å². The van der Waals surface area contributed by atoms with Crippen molar-refractivity contribution in [3.63, 3.8) is 0 Å². The zero-order chi connectivity index (χ0) is 16.3. The molecule has 2 aromatic rings. The molecule has 112 valence electrons. The SMILES string of the molecule is C=C(N)C(=O)Nc1ccc(NC(=O)C(=C)N)c2ccccc12. The smallest absolute Gasteiger partial charge is 0.270 e. The number of amides is 2. The fourth-order valence-corrected chi connectivity index (χ4v) is 1.92. The van der Waals surface area contributed by atoms with Crippen LogP contribution in [0.2, 0.25) is 0 Å². The number of hydrogen-bond donors (Lipinski definition) is 4. The third-order valence-electron chi connectivity index (χ3n) is 3.00. The molecule has 2 rings (SSSR count). The van der Waals surface area contributed by atoms with Crippen LogP contribution in [0.15, 0.2) is 61.0 Å². The van der Waals surface area contributed by atoms with E-state index in [9.17, 15) is 9.59 Å². The molecule has 2 aromatic carbocycles. The molecule has 0 aliphatic rings. The van der Waals surface area contributed by atoms with Gasteiger partial charge in [0, 0.05) is 22.1 Å². The van der Waals surface area contributed by atoms with Crippen molar-refractivity contribution in [3.05, 3.63) is 61.0 Å². The summed E-state index contributed by atoms with van der Waals surface area (Å²) < 4.78 is 0. The van der Waals surface area contributed by atoms with Gasteiger partial charge in [0.05, 0.1) is 11.4 Å². The molecule has 0 saturated carbocycles. The van der Waals surface area contributed by atoms with Crippen LogP contribution in [0, 0.1) is 0 Å². The standard InChI is InChI=1S/C16H16N4O2/c1-9(17)15(21)19-13-7-8-14(20-16(22)10(2)18)12-6-4-3-5-11(12)13/h3-8H,1-2,17-18H2,(H,19,21)(H,20,22). The number of nitrogens with two attached hydrogens (primary N) is 2. The van der Waals surface area contributed by atoms with Gasteiger partial charge in [-0.1, -0.05) is 37.4 Å². The van der Waals surface area contributed by atoms with Gasteiger partial charge < -0.3 is 22.1 Å². The Labute approximate surface area is 127 Å². The number of fused-ring (bicyclic) bond motifs is 1. The molecule has 0 aliphatic carbocycles. The number of benzene rings is 2. The highest BCUT2D eigenvalue weighted by Gasteiger charge is 2.11. The predicted octanol–water partition coefficient (Wildman–Crippen LogP) is 1.66. The fraction of sp³-hybridized carbons (Fsp3) is 0. The lowest BCUT2D eigenvalue weighted by Crippen LogP contribution is -2.20. The first kappa shape index (κ1) is 15.1. The van der Waals surface area contributed by atoms with Crippen LogP contribution in [-0.2, 0) is 9.59 Å². The third kappa shape index (κ3) is 3.06. The van der Waals surface area contributed by atoms with Crippen LogP contribution in [-0.4, -0.2) is 11.8 Å². The van der Waals surface area contributed by atoms with E-state index in [1.54, 1.807) is 12.1 Å². The molecule has 0 bridgehead atoms. The molecule has 6 nitrogen and oxygen atoms in total. The van der Waals surface area contributed by atoms with Crippen LogP contribution in [0.5, 0.6) is 0 Å². The van der Waals surface area contributed by atoms with E-state index in [-0.39, 0.29) is 11.4 Å². The van der Waals surface area contributed by atoms with Gasteiger partial charge in [0.1, 0.15) is 0 Å². The fourth-order valence-electron chi connectivity index (χ4n) is 1.92. The van der Waals surface area contributed by atoms with Gasteiger partial charge in [0.2, 0.25) is 0 Å². The molecule has 2 amide bonds. The van der Waals surface area contributed by atoms with Crippen molar-refractivity contribution >= 4 is 34.0 Å². The predicted molar refractivity (Wildman–Crippen MR) is 87.9 cm³/mol. The summed E-state index contributed by atoms with van der Waals surface area (Å²) in [5, 5.41) is 6.83. The number of nitrogens with one attached hydrogen (secondary N) is 2. The summed E-state index contributed by atoms with van der Waals surface area (Å²) in [6.07, 6.45) is 0. The number of anilines is 2. The van der Waals surface area contributed by atoms with Gasteiger partial charge in [-0.2, -0.15) is 0 Å². The maximum Gasteiger partial charge on any atom is 0.270 e. The van der Waals surface area contributed by atoms with Crippen LogP contribution in [0.4, 0.5) is 11.4 Å². The highest BCUT2D eigenvalue weighted by Crippen LogP contribution is 2.30. The highest BCUT2D eigenvalue weighted by molar-refractivity contribution is 6.13. The van der Waals surface area contributed by atoms with E-state index < -0.39 is 11.8 Å². The quantitative estimate of drug-likeness (QED) is 0.643. The van der Waals surface area contributed by atoms with Crippen molar-refractivity contribution in [2.75, 3.05) is 10.6 Å². The second-order valence-electron chi connectivity index (χ2n) is 4.66. The van der Waals surface area contributed by atoms with E-state index in [0.29, 0.717) is 11.4 Å². The van der Waals surface area contributed by atoms with Crippen molar-refractivity contribution in [3.8, 4) is 0 Å². The van der Waals surface area contributed by atoms with Crippen molar-refractivity contribution in [1.82, 2.24) is 0 Å². The topological polar surface area (TPSA) is 110 Å². The van der Waals surface area contributed by atoms with Gasteiger partial charge in [-0.25, -0.2) is 0 Å². The first-order chi connectivity index (χ1) is 10.4. The molecular weight excluding hydrogens is 280 g/mol. The van der Waals surface area contributed by atoms with E-state index in [4.69, 9.17) is 11.5 Å². The summed E-state index contributed by atoms with van der Waals surface area (Å²) >= 11 is 0. The van der Waals surface area contributed by atoms with Crippen LogP contribution >= 0.6 is 0 Å². The Morgan fingerprint density at radius 2 is 1.14 bits per heavy atom. The first-order valence-electron chi connectivity index (χ1n) is 6.43. The van der Waals surface area contributed by atoms with Crippen molar-refractivity contribution in [1.29, 1.82) is 0 Å². The Kier molecular flexibility index (Phi) is 4.13. The summed E-state index contributed by atoms with van der Waals surface area (Å²) in [7, 11) is 0. The molecule has 0 aliphatic heterocycles. The lowest BCUT2D eigenvalue weighted by atomic mass is 10.1. The minimum atomic E-state index is -0.475. The second kappa shape index (κ2) is 6.01.